The van der Waals surface area contributed by atoms with E-state index in [0.717, 1.165) is 0 Å². The van der Waals surface area contributed by atoms with E-state index < -0.39 is 6.10 Å². The van der Waals surface area contributed by atoms with E-state index in [0.29, 0.717) is 27.9 Å². The normalized spacial score (nSPS) is 12.6. The van der Waals surface area contributed by atoms with Crippen molar-refractivity contribution in [2.24, 2.45) is 0 Å². The number of anilines is 1. The Bertz CT molecular complexity index is 736. The number of nitrogens with one attached hydrogen (secondary N) is 1. The van der Waals surface area contributed by atoms with Gasteiger partial charge in [-0.25, -0.2) is 0 Å². The summed E-state index contributed by atoms with van der Waals surface area (Å²) in [6.45, 7) is 8.37. The van der Waals surface area contributed by atoms with E-state index in [9.17, 15) is 4.79 Å². The lowest BCUT2D eigenvalue weighted by Crippen LogP contribution is -2.32. The Morgan fingerprint density at radius 3 is 2.24 bits per heavy atom. The summed E-state index contributed by atoms with van der Waals surface area (Å²) in [7, 11) is 0. The number of benzene rings is 2. The maximum Gasteiger partial charge on any atom is 0.265 e. The van der Waals surface area contributed by atoms with Crippen LogP contribution >= 0.6 is 23.2 Å². The van der Waals surface area contributed by atoms with Gasteiger partial charge < -0.3 is 10.1 Å². The zero-order chi connectivity index (χ0) is 18.6. The Labute approximate surface area is 159 Å². The highest BCUT2D eigenvalue weighted by Gasteiger charge is 2.19. The third-order valence-electron chi connectivity index (χ3n) is 3.85. The molecule has 3 nitrogen and oxygen atoms in total. The van der Waals surface area contributed by atoms with Gasteiger partial charge in [-0.15, -0.1) is 0 Å². The van der Waals surface area contributed by atoms with Crippen molar-refractivity contribution in [3.8, 4) is 5.75 Å². The van der Waals surface area contributed by atoms with Gasteiger partial charge in [-0.1, -0.05) is 63.0 Å². The average molecular weight is 380 g/mol. The minimum absolute atomic E-state index is 0.0773. The van der Waals surface area contributed by atoms with E-state index in [4.69, 9.17) is 27.9 Å². The van der Waals surface area contributed by atoms with Crippen molar-refractivity contribution in [3.05, 3.63) is 58.1 Å². The zero-order valence-electron chi connectivity index (χ0n) is 14.9. The first kappa shape index (κ1) is 19.6. The summed E-state index contributed by atoms with van der Waals surface area (Å²) in [6, 6.07) is 12.8. The fourth-order valence-corrected chi connectivity index (χ4v) is 2.61. The highest BCUT2D eigenvalue weighted by Crippen LogP contribution is 2.26. The lowest BCUT2D eigenvalue weighted by Gasteiger charge is -2.21. The molecule has 0 aliphatic carbocycles. The van der Waals surface area contributed by atoms with Crippen LogP contribution in [-0.4, -0.2) is 12.0 Å². The molecule has 0 aliphatic heterocycles. The number of hydrogen-bond acceptors (Lipinski definition) is 2. The first-order valence-corrected chi connectivity index (χ1v) is 8.99. The Balaban J connectivity index is 2.05. The van der Waals surface area contributed by atoms with Crippen LogP contribution in [0.5, 0.6) is 5.75 Å². The van der Waals surface area contributed by atoms with Gasteiger partial charge in [-0.3, -0.25) is 4.79 Å². The maximum atomic E-state index is 12.5. The van der Waals surface area contributed by atoms with Crippen molar-refractivity contribution in [2.75, 3.05) is 5.32 Å². The molecule has 0 heterocycles. The van der Waals surface area contributed by atoms with Gasteiger partial charge in [0.2, 0.25) is 0 Å². The largest absolute Gasteiger partial charge is 0.481 e. The molecule has 0 unspecified atom stereocenters. The summed E-state index contributed by atoms with van der Waals surface area (Å²) in [5.74, 6) is 0.449. The van der Waals surface area contributed by atoms with Crippen LogP contribution in [0.15, 0.2) is 42.5 Å². The van der Waals surface area contributed by atoms with Gasteiger partial charge in [0.05, 0.1) is 10.0 Å². The monoisotopic (exact) mass is 379 g/mol. The van der Waals surface area contributed by atoms with Crippen LogP contribution in [0.4, 0.5) is 5.69 Å². The fraction of sp³-hybridized carbons (Fsp3) is 0.350. The smallest absolute Gasteiger partial charge is 0.265 e. The molecule has 0 fully saturated rings. The van der Waals surface area contributed by atoms with E-state index in [1.807, 2.05) is 31.2 Å². The minimum Gasteiger partial charge on any atom is -0.481 e. The van der Waals surface area contributed by atoms with Crippen LogP contribution < -0.4 is 10.1 Å². The SMILES string of the molecule is CC[C@H](Oc1ccc(C(C)(C)C)cc1)C(=O)Nc1ccc(Cl)c(Cl)c1. The van der Waals surface area contributed by atoms with Crippen molar-refractivity contribution in [1.29, 1.82) is 0 Å². The first-order valence-electron chi connectivity index (χ1n) is 8.24. The van der Waals surface area contributed by atoms with Gasteiger partial charge in [0.1, 0.15) is 5.75 Å². The van der Waals surface area contributed by atoms with E-state index in [1.54, 1.807) is 18.2 Å². The molecule has 2 aromatic carbocycles. The van der Waals surface area contributed by atoms with Crippen molar-refractivity contribution in [1.82, 2.24) is 0 Å². The number of carbonyl (C=O) groups excluding carboxylic acids is 1. The average Bonchev–Trinajstić information content (AvgIpc) is 2.55. The number of ether oxygens (including phenoxy) is 1. The van der Waals surface area contributed by atoms with Crippen LogP contribution in [0.1, 0.15) is 39.7 Å². The summed E-state index contributed by atoms with van der Waals surface area (Å²) in [5.41, 5.74) is 1.88. The summed E-state index contributed by atoms with van der Waals surface area (Å²) in [4.78, 5) is 12.5. The van der Waals surface area contributed by atoms with Gasteiger partial charge in [-0.2, -0.15) is 0 Å². The number of rotatable bonds is 5. The summed E-state index contributed by atoms with van der Waals surface area (Å²) in [5, 5.41) is 3.65. The molecule has 0 aliphatic rings. The van der Waals surface area contributed by atoms with Gasteiger partial charge in [0, 0.05) is 5.69 Å². The van der Waals surface area contributed by atoms with Crippen molar-refractivity contribution in [2.45, 2.75) is 45.6 Å². The Kier molecular flexibility index (Phi) is 6.36. The van der Waals surface area contributed by atoms with E-state index in [-0.39, 0.29) is 11.3 Å². The molecular formula is C20H23Cl2NO2. The molecule has 2 rings (SSSR count). The molecule has 0 bridgehead atoms. The molecule has 5 heteroatoms. The third kappa shape index (κ3) is 5.38. The minimum atomic E-state index is -0.588. The molecule has 1 N–H and O–H groups in total. The second-order valence-corrected chi connectivity index (χ2v) is 7.72. The molecule has 1 amide bonds. The topological polar surface area (TPSA) is 38.3 Å². The van der Waals surface area contributed by atoms with Crippen molar-refractivity contribution < 1.29 is 9.53 Å². The van der Waals surface area contributed by atoms with Gasteiger partial charge in [-0.05, 0) is 47.7 Å². The van der Waals surface area contributed by atoms with Gasteiger partial charge >= 0.3 is 0 Å². The van der Waals surface area contributed by atoms with Crippen LogP contribution in [-0.2, 0) is 10.2 Å². The molecule has 0 aromatic heterocycles. The van der Waals surface area contributed by atoms with Crippen molar-refractivity contribution in [3.63, 3.8) is 0 Å². The lowest BCUT2D eigenvalue weighted by molar-refractivity contribution is -0.122. The fourth-order valence-electron chi connectivity index (χ4n) is 2.32. The second kappa shape index (κ2) is 8.11. The summed E-state index contributed by atoms with van der Waals surface area (Å²) >= 11 is 11.9. The quantitative estimate of drug-likeness (QED) is 0.682. The molecule has 134 valence electrons. The Morgan fingerprint density at radius 2 is 1.72 bits per heavy atom. The van der Waals surface area contributed by atoms with E-state index >= 15 is 0 Å². The summed E-state index contributed by atoms with van der Waals surface area (Å²) in [6.07, 6.45) is -0.0382. The highest BCUT2D eigenvalue weighted by molar-refractivity contribution is 6.42. The van der Waals surface area contributed by atoms with Crippen LogP contribution in [0.3, 0.4) is 0 Å². The number of hydrogen-bond donors (Lipinski definition) is 1. The predicted octanol–water partition coefficient (Wildman–Crippen LogP) is 6.09. The predicted molar refractivity (Wildman–Crippen MR) is 105 cm³/mol. The molecule has 0 saturated carbocycles. The maximum absolute atomic E-state index is 12.5. The number of amides is 1. The van der Waals surface area contributed by atoms with E-state index in [2.05, 4.69) is 26.1 Å². The van der Waals surface area contributed by atoms with Crippen LogP contribution in [0.2, 0.25) is 10.0 Å². The molecule has 0 radical (unpaired) electrons. The van der Waals surface area contributed by atoms with Gasteiger partial charge in [0.15, 0.2) is 6.10 Å². The lowest BCUT2D eigenvalue weighted by atomic mass is 9.87. The molecule has 2 aromatic rings. The molecule has 0 saturated heterocycles. The Hall–Kier alpha value is -1.71. The van der Waals surface area contributed by atoms with Crippen LogP contribution in [0.25, 0.3) is 0 Å². The first-order chi connectivity index (χ1) is 11.7. The van der Waals surface area contributed by atoms with Crippen LogP contribution in [0, 0.1) is 0 Å². The molecule has 25 heavy (non-hydrogen) atoms. The standard InChI is InChI=1S/C20H23Cl2NO2/c1-5-18(19(24)23-14-8-11-16(21)17(22)12-14)25-15-9-6-13(7-10-15)20(2,3)4/h6-12,18H,5H2,1-4H3,(H,23,24)/t18-/m0/s1. The summed E-state index contributed by atoms with van der Waals surface area (Å²) < 4.78 is 5.85. The van der Waals surface area contributed by atoms with Gasteiger partial charge in [0.25, 0.3) is 5.91 Å². The van der Waals surface area contributed by atoms with E-state index in [1.165, 1.54) is 5.56 Å². The second-order valence-electron chi connectivity index (χ2n) is 6.91. The Morgan fingerprint density at radius 1 is 1.08 bits per heavy atom. The third-order valence-corrected chi connectivity index (χ3v) is 4.59. The molecule has 0 spiro atoms. The molecular weight excluding hydrogens is 357 g/mol. The van der Waals surface area contributed by atoms with Crippen molar-refractivity contribution >= 4 is 34.8 Å². The highest BCUT2D eigenvalue weighted by atomic mass is 35.5. The number of carbonyl (C=O) groups is 1. The zero-order valence-corrected chi connectivity index (χ0v) is 16.4. The number of halogens is 2. The molecule has 1 atom stereocenters.